The first kappa shape index (κ1) is 25.5. The molecule has 0 aromatic rings. The van der Waals surface area contributed by atoms with Gasteiger partial charge in [-0.15, -0.1) is 0 Å². The molecule has 5 nitrogen and oxygen atoms in total. The molecule has 0 aromatic heterocycles. The Bertz CT molecular complexity index is 741. The first-order valence-electron chi connectivity index (χ1n) is 9.86. The van der Waals surface area contributed by atoms with E-state index in [1.807, 2.05) is 26.0 Å². The fourth-order valence-electron chi connectivity index (χ4n) is 2.92. The molecule has 1 fully saturated rings. The van der Waals surface area contributed by atoms with Crippen molar-refractivity contribution < 1.29 is 27.1 Å². The van der Waals surface area contributed by atoms with E-state index in [0.717, 1.165) is 0 Å². The number of amidine groups is 1. The van der Waals surface area contributed by atoms with Gasteiger partial charge in [-0.05, 0) is 25.8 Å². The molecule has 0 saturated heterocycles. The third-order valence-corrected chi connectivity index (χ3v) is 4.41. The second-order valence-electron chi connectivity index (χ2n) is 6.60. The molecule has 0 aliphatic heterocycles. The predicted octanol–water partition coefficient (Wildman–Crippen LogP) is 5.47. The van der Waals surface area contributed by atoms with Gasteiger partial charge in [0, 0.05) is 30.0 Å². The van der Waals surface area contributed by atoms with E-state index in [1.54, 1.807) is 18.2 Å². The van der Waals surface area contributed by atoms with Gasteiger partial charge in [-0.3, -0.25) is 5.32 Å². The molecule has 0 radical (unpaired) electrons. The van der Waals surface area contributed by atoms with Crippen LogP contribution < -0.4 is 11.1 Å². The molecule has 0 aromatic carbocycles. The monoisotopic (exact) mass is 431 g/mol. The molecule has 9 heteroatoms. The summed E-state index contributed by atoms with van der Waals surface area (Å²) in [4.78, 5) is 16.2. The first-order valence-corrected chi connectivity index (χ1v) is 9.86. The van der Waals surface area contributed by atoms with Crippen molar-refractivity contribution in [1.82, 2.24) is 5.32 Å². The molecular weight excluding hydrogens is 402 g/mol. The van der Waals surface area contributed by atoms with Crippen molar-refractivity contribution in [3.05, 3.63) is 47.3 Å². The summed E-state index contributed by atoms with van der Waals surface area (Å²) in [5, 5.41) is 2.30. The molecule has 2 rings (SSSR count). The molecule has 0 spiro atoms. The highest BCUT2D eigenvalue weighted by Crippen LogP contribution is 2.41. The SMILES string of the molecule is C/C(C(=NC1=CCC=CC=C1)NC(=O)OCC(F)F)=C(/N)C1CCC(F)(F)C1.CC. The molecule has 1 amide bonds. The van der Waals surface area contributed by atoms with Gasteiger partial charge in [0.2, 0.25) is 5.92 Å². The van der Waals surface area contributed by atoms with E-state index in [2.05, 4.69) is 15.0 Å². The van der Waals surface area contributed by atoms with Crippen LogP contribution in [0.25, 0.3) is 0 Å². The smallest absolute Gasteiger partial charge is 0.413 e. The molecule has 1 saturated carbocycles. The predicted molar refractivity (Wildman–Crippen MR) is 109 cm³/mol. The maximum Gasteiger partial charge on any atom is 0.413 e. The number of carbonyl (C=O) groups excluding carboxylic acids is 1. The van der Waals surface area contributed by atoms with Gasteiger partial charge in [-0.25, -0.2) is 27.3 Å². The minimum absolute atomic E-state index is 0.0233. The number of allylic oxidation sites excluding steroid dienone is 6. The average molecular weight is 431 g/mol. The highest BCUT2D eigenvalue weighted by Gasteiger charge is 2.41. The average Bonchev–Trinajstić information content (AvgIpc) is 2.90. The van der Waals surface area contributed by atoms with Crippen LogP contribution in [-0.2, 0) is 4.74 Å². The topological polar surface area (TPSA) is 76.7 Å². The molecule has 30 heavy (non-hydrogen) atoms. The largest absolute Gasteiger partial charge is 0.443 e. The number of carbonyl (C=O) groups is 1. The summed E-state index contributed by atoms with van der Waals surface area (Å²) in [5.74, 6) is -3.36. The third-order valence-electron chi connectivity index (χ3n) is 4.41. The third kappa shape index (κ3) is 8.42. The molecule has 168 valence electrons. The number of hydrogen-bond donors (Lipinski definition) is 2. The Kier molecular flexibility index (Phi) is 10.3. The number of halogens is 4. The van der Waals surface area contributed by atoms with Crippen LogP contribution in [0, 0.1) is 5.92 Å². The minimum Gasteiger partial charge on any atom is -0.443 e. The molecule has 3 N–H and O–H groups in total. The van der Waals surface area contributed by atoms with Gasteiger partial charge in [0.05, 0.1) is 5.70 Å². The van der Waals surface area contributed by atoms with Gasteiger partial charge in [0.25, 0.3) is 6.43 Å². The van der Waals surface area contributed by atoms with Crippen LogP contribution in [0.1, 0.15) is 46.5 Å². The summed E-state index contributed by atoms with van der Waals surface area (Å²) < 4.78 is 56.0. The molecule has 0 heterocycles. The van der Waals surface area contributed by atoms with Crippen LogP contribution in [0.15, 0.2) is 52.3 Å². The number of alkyl carbamates (subject to hydrolysis) is 1. The number of nitrogens with two attached hydrogens (primary N) is 1. The second kappa shape index (κ2) is 12.2. The Labute approximate surface area is 174 Å². The number of alkyl halides is 4. The number of nitrogens with one attached hydrogen (secondary N) is 1. The van der Waals surface area contributed by atoms with E-state index in [0.29, 0.717) is 17.7 Å². The Morgan fingerprint density at radius 2 is 2.07 bits per heavy atom. The van der Waals surface area contributed by atoms with Crippen molar-refractivity contribution in [2.24, 2.45) is 16.6 Å². The van der Waals surface area contributed by atoms with E-state index >= 15 is 0 Å². The summed E-state index contributed by atoms with van der Waals surface area (Å²) in [5.41, 5.74) is 7.06. The lowest BCUT2D eigenvalue weighted by molar-refractivity contribution is 0.00630. The van der Waals surface area contributed by atoms with Gasteiger partial charge in [-0.2, -0.15) is 0 Å². The molecule has 1 atom stereocenters. The van der Waals surface area contributed by atoms with E-state index in [1.165, 1.54) is 6.92 Å². The zero-order valence-corrected chi connectivity index (χ0v) is 17.4. The minimum atomic E-state index is -2.81. The highest BCUT2D eigenvalue weighted by molar-refractivity contribution is 6.06. The molecule has 0 bridgehead atoms. The van der Waals surface area contributed by atoms with E-state index in [4.69, 9.17) is 5.73 Å². The Balaban J connectivity index is 0.00000218. The zero-order chi connectivity index (χ0) is 22.7. The summed E-state index contributed by atoms with van der Waals surface area (Å²) in [6, 6.07) is 0. The quantitative estimate of drug-likeness (QED) is 0.344. The molecule has 2 aliphatic carbocycles. The lowest BCUT2D eigenvalue weighted by atomic mass is 9.99. The lowest BCUT2D eigenvalue weighted by Crippen LogP contribution is -2.34. The van der Waals surface area contributed by atoms with E-state index < -0.39 is 31.0 Å². The normalized spacial score (nSPS) is 21.3. The standard InChI is InChI=1S/C19H23F4N3O2.C2H6/c1-12(16(24)13-8-9-19(22,23)10-13)17(26-18(27)28-11-15(20)21)25-14-6-4-2-3-5-7-14;1-2/h2-4,6-7,13,15H,5,8-11,24H2,1H3,(H,25,26,27);1-2H3/b16-12-;. The number of ether oxygens (including phenoxy) is 1. The van der Waals surface area contributed by atoms with Crippen LogP contribution in [0.4, 0.5) is 22.4 Å². The van der Waals surface area contributed by atoms with Crippen molar-refractivity contribution in [1.29, 1.82) is 0 Å². The van der Waals surface area contributed by atoms with Crippen LogP contribution in [0.3, 0.4) is 0 Å². The van der Waals surface area contributed by atoms with Gasteiger partial charge >= 0.3 is 6.09 Å². The number of aliphatic imine (C=N–C) groups is 1. The maximum absolute atomic E-state index is 13.5. The van der Waals surface area contributed by atoms with Crippen molar-refractivity contribution in [3.63, 3.8) is 0 Å². The summed E-state index contributed by atoms with van der Waals surface area (Å²) in [6.45, 7) is 4.47. The second-order valence-corrected chi connectivity index (χ2v) is 6.60. The summed E-state index contributed by atoms with van der Waals surface area (Å²) in [6.07, 6.45) is 5.14. The first-order chi connectivity index (χ1) is 14.2. The number of hydrogen-bond acceptors (Lipinski definition) is 4. The Hall–Kier alpha value is -2.58. The van der Waals surface area contributed by atoms with E-state index in [9.17, 15) is 22.4 Å². The van der Waals surface area contributed by atoms with E-state index in [-0.39, 0.29) is 30.8 Å². The highest BCUT2D eigenvalue weighted by atomic mass is 19.3. The molecule has 1 unspecified atom stereocenters. The Morgan fingerprint density at radius 1 is 1.37 bits per heavy atom. The van der Waals surface area contributed by atoms with Crippen molar-refractivity contribution >= 4 is 11.9 Å². The van der Waals surface area contributed by atoms with Crippen molar-refractivity contribution in [2.45, 2.75) is 58.8 Å². The van der Waals surface area contributed by atoms with Gasteiger partial charge < -0.3 is 10.5 Å². The number of nitrogens with zero attached hydrogens (tertiary/aromatic N) is 1. The summed E-state index contributed by atoms with van der Waals surface area (Å²) in [7, 11) is 0. The lowest BCUT2D eigenvalue weighted by Gasteiger charge is -2.17. The van der Waals surface area contributed by atoms with Gasteiger partial charge in [-0.1, -0.05) is 38.2 Å². The number of amides is 1. The molecular formula is C21H29F4N3O2. The van der Waals surface area contributed by atoms with Crippen molar-refractivity contribution in [2.75, 3.05) is 6.61 Å². The Morgan fingerprint density at radius 3 is 2.67 bits per heavy atom. The van der Waals surface area contributed by atoms with Gasteiger partial charge in [0.15, 0.2) is 6.61 Å². The van der Waals surface area contributed by atoms with Crippen LogP contribution in [0.2, 0.25) is 0 Å². The van der Waals surface area contributed by atoms with Crippen LogP contribution in [0.5, 0.6) is 0 Å². The molecule has 2 aliphatic rings. The van der Waals surface area contributed by atoms with Crippen LogP contribution >= 0.6 is 0 Å². The number of rotatable bonds is 5. The zero-order valence-electron chi connectivity index (χ0n) is 17.4. The fraction of sp³-hybridized carbons (Fsp3) is 0.524. The van der Waals surface area contributed by atoms with Gasteiger partial charge in [0.1, 0.15) is 5.84 Å². The van der Waals surface area contributed by atoms with Crippen LogP contribution in [-0.4, -0.2) is 30.9 Å². The summed E-state index contributed by atoms with van der Waals surface area (Å²) >= 11 is 0. The van der Waals surface area contributed by atoms with Crippen molar-refractivity contribution in [3.8, 4) is 0 Å². The fourth-order valence-corrected chi connectivity index (χ4v) is 2.92. The maximum atomic E-state index is 13.5.